The molecular formula is C7H4ClF3INO. The van der Waals surface area contributed by atoms with Gasteiger partial charge in [0.25, 0.3) is 0 Å². The predicted molar refractivity (Wildman–Crippen MR) is 53.2 cm³/mol. The van der Waals surface area contributed by atoms with Crippen molar-refractivity contribution >= 4 is 34.2 Å². The number of hydrogen-bond acceptors (Lipinski definition) is 2. The minimum absolute atomic E-state index is 0.0741. The van der Waals surface area contributed by atoms with Crippen molar-refractivity contribution in [2.24, 2.45) is 0 Å². The zero-order chi connectivity index (χ0) is 10.8. The zero-order valence-corrected chi connectivity index (χ0v) is 9.52. The molecule has 78 valence electrons. The molecule has 1 heterocycles. The Kier molecular flexibility index (Phi) is 3.82. The molecule has 0 unspecified atom stereocenters. The Morgan fingerprint density at radius 1 is 1.43 bits per heavy atom. The van der Waals surface area contributed by atoms with Crippen molar-refractivity contribution < 1.29 is 17.9 Å². The van der Waals surface area contributed by atoms with Gasteiger partial charge in [0.15, 0.2) is 0 Å². The summed E-state index contributed by atoms with van der Waals surface area (Å²) in [6.07, 6.45) is -4.74. The predicted octanol–water partition coefficient (Wildman–Crippen LogP) is 3.32. The van der Waals surface area contributed by atoms with E-state index in [1.165, 1.54) is 6.07 Å². The van der Waals surface area contributed by atoms with Crippen LogP contribution in [0.15, 0.2) is 12.1 Å². The lowest BCUT2D eigenvalue weighted by Crippen LogP contribution is -2.19. The fourth-order valence-corrected chi connectivity index (χ4v) is 1.35. The van der Waals surface area contributed by atoms with E-state index in [1.807, 2.05) is 0 Å². The van der Waals surface area contributed by atoms with Gasteiger partial charge in [-0.25, -0.2) is 4.98 Å². The SMILES string of the molecule is FC(F)(F)Oc1nc(I)ccc1CCl. The molecule has 0 radical (unpaired) electrons. The molecule has 0 aliphatic heterocycles. The number of aromatic nitrogens is 1. The summed E-state index contributed by atoms with van der Waals surface area (Å²) in [4.78, 5) is 3.59. The maximum Gasteiger partial charge on any atom is 0.574 e. The molecule has 1 rings (SSSR count). The van der Waals surface area contributed by atoms with Gasteiger partial charge in [-0.3, -0.25) is 0 Å². The standard InChI is InChI=1S/C7H4ClF3INO/c8-3-4-1-2-5(12)13-6(4)14-7(9,10)11/h1-2H,3H2. The normalized spacial score (nSPS) is 11.5. The Labute approximate surface area is 96.6 Å². The van der Waals surface area contributed by atoms with E-state index in [0.717, 1.165) is 0 Å². The number of nitrogens with zero attached hydrogens (tertiary/aromatic N) is 1. The first kappa shape index (κ1) is 11.8. The van der Waals surface area contributed by atoms with Crippen molar-refractivity contribution in [2.45, 2.75) is 12.2 Å². The van der Waals surface area contributed by atoms with Gasteiger partial charge in [0, 0.05) is 5.56 Å². The second-order valence-corrected chi connectivity index (χ2v) is 3.65. The molecule has 1 aromatic rings. The van der Waals surface area contributed by atoms with Crippen LogP contribution in [0, 0.1) is 3.70 Å². The van der Waals surface area contributed by atoms with Crippen LogP contribution in [0.4, 0.5) is 13.2 Å². The van der Waals surface area contributed by atoms with Gasteiger partial charge in [-0.15, -0.1) is 24.8 Å². The molecule has 2 nitrogen and oxygen atoms in total. The lowest BCUT2D eigenvalue weighted by atomic mass is 10.3. The van der Waals surface area contributed by atoms with E-state index in [2.05, 4.69) is 9.72 Å². The highest BCUT2D eigenvalue weighted by Gasteiger charge is 2.32. The molecule has 0 saturated heterocycles. The van der Waals surface area contributed by atoms with Crippen LogP contribution in [0.2, 0.25) is 0 Å². The van der Waals surface area contributed by atoms with Gasteiger partial charge in [-0.2, -0.15) is 0 Å². The van der Waals surface area contributed by atoms with E-state index in [9.17, 15) is 13.2 Å². The van der Waals surface area contributed by atoms with Crippen LogP contribution in [0.1, 0.15) is 5.56 Å². The maximum atomic E-state index is 11.9. The van der Waals surface area contributed by atoms with Crippen LogP contribution in [0.5, 0.6) is 5.88 Å². The van der Waals surface area contributed by atoms with Crippen LogP contribution < -0.4 is 4.74 Å². The minimum atomic E-state index is -4.74. The number of hydrogen-bond donors (Lipinski definition) is 0. The number of rotatable bonds is 2. The molecule has 0 amide bonds. The zero-order valence-electron chi connectivity index (χ0n) is 6.61. The molecule has 14 heavy (non-hydrogen) atoms. The molecule has 0 bridgehead atoms. The third-order valence-electron chi connectivity index (χ3n) is 1.26. The van der Waals surface area contributed by atoms with Gasteiger partial charge in [0.1, 0.15) is 3.70 Å². The largest absolute Gasteiger partial charge is 0.574 e. The summed E-state index contributed by atoms with van der Waals surface area (Å²) in [5.41, 5.74) is 0.212. The van der Waals surface area contributed by atoms with Gasteiger partial charge in [-0.05, 0) is 34.7 Å². The van der Waals surface area contributed by atoms with Crippen molar-refractivity contribution in [3.05, 3.63) is 21.4 Å². The molecule has 1 aromatic heterocycles. The number of alkyl halides is 4. The summed E-state index contributed by atoms with van der Waals surface area (Å²) in [6.45, 7) is 0. The first-order valence-electron chi connectivity index (χ1n) is 3.39. The molecule has 7 heteroatoms. The first-order chi connectivity index (χ1) is 6.42. The summed E-state index contributed by atoms with van der Waals surface area (Å²) >= 11 is 7.21. The lowest BCUT2D eigenvalue weighted by Gasteiger charge is -2.10. The van der Waals surface area contributed by atoms with Crippen LogP contribution in [-0.4, -0.2) is 11.3 Å². The van der Waals surface area contributed by atoms with Crippen LogP contribution in [0.25, 0.3) is 0 Å². The van der Waals surface area contributed by atoms with Crippen LogP contribution >= 0.6 is 34.2 Å². The Balaban J connectivity index is 2.99. The summed E-state index contributed by atoms with van der Waals surface area (Å²) < 4.78 is 39.8. The Morgan fingerprint density at radius 2 is 2.07 bits per heavy atom. The lowest BCUT2D eigenvalue weighted by molar-refractivity contribution is -0.276. The average molecular weight is 337 g/mol. The van der Waals surface area contributed by atoms with Gasteiger partial charge >= 0.3 is 6.36 Å². The van der Waals surface area contributed by atoms with E-state index in [1.54, 1.807) is 28.7 Å². The molecule has 0 fully saturated rings. The second-order valence-electron chi connectivity index (χ2n) is 2.28. The number of halogens is 5. The fourth-order valence-electron chi connectivity index (χ4n) is 0.746. The average Bonchev–Trinajstić information content (AvgIpc) is 2.01. The van der Waals surface area contributed by atoms with E-state index in [-0.39, 0.29) is 11.4 Å². The summed E-state index contributed by atoms with van der Waals surface area (Å²) in [7, 11) is 0. The van der Waals surface area contributed by atoms with Crippen molar-refractivity contribution in [3.63, 3.8) is 0 Å². The topological polar surface area (TPSA) is 22.1 Å². The van der Waals surface area contributed by atoms with Crippen molar-refractivity contribution in [1.82, 2.24) is 4.98 Å². The van der Waals surface area contributed by atoms with Crippen molar-refractivity contribution in [2.75, 3.05) is 0 Å². The Hall–Kier alpha value is -0.240. The quantitative estimate of drug-likeness (QED) is 0.469. The first-order valence-corrected chi connectivity index (χ1v) is 5.01. The third kappa shape index (κ3) is 3.49. The molecule has 0 spiro atoms. The maximum absolute atomic E-state index is 11.9. The highest BCUT2D eigenvalue weighted by molar-refractivity contribution is 14.1. The molecule has 0 N–H and O–H groups in total. The molecule has 0 saturated carbocycles. The third-order valence-corrected chi connectivity index (χ3v) is 2.15. The van der Waals surface area contributed by atoms with E-state index < -0.39 is 12.2 Å². The number of pyridine rings is 1. The Morgan fingerprint density at radius 3 is 2.57 bits per heavy atom. The van der Waals surface area contributed by atoms with E-state index in [0.29, 0.717) is 3.70 Å². The van der Waals surface area contributed by atoms with Gasteiger partial charge < -0.3 is 4.74 Å². The van der Waals surface area contributed by atoms with Crippen molar-refractivity contribution in [3.8, 4) is 5.88 Å². The Bertz CT molecular complexity index is 331. The molecule has 0 aromatic carbocycles. The summed E-state index contributed by atoms with van der Waals surface area (Å²) in [6, 6.07) is 3.00. The molecule has 0 atom stereocenters. The van der Waals surface area contributed by atoms with Crippen LogP contribution in [-0.2, 0) is 5.88 Å². The highest BCUT2D eigenvalue weighted by atomic mass is 127. The summed E-state index contributed by atoms with van der Waals surface area (Å²) in [5.74, 6) is -0.561. The number of ether oxygens (including phenoxy) is 1. The fraction of sp³-hybridized carbons (Fsp3) is 0.286. The van der Waals surface area contributed by atoms with Crippen LogP contribution in [0.3, 0.4) is 0 Å². The van der Waals surface area contributed by atoms with Gasteiger partial charge in [0.05, 0.1) is 5.88 Å². The minimum Gasteiger partial charge on any atom is -0.387 e. The van der Waals surface area contributed by atoms with Gasteiger partial charge in [0.2, 0.25) is 5.88 Å². The smallest absolute Gasteiger partial charge is 0.387 e. The second kappa shape index (κ2) is 4.52. The highest BCUT2D eigenvalue weighted by Crippen LogP contribution is 2.26. The molecular weight excluding hydrogens is 333 g/mol. The van der Waals surface area contributed by atoms with Crippen molar-refractivity contribution in [1.29, 1.82) is 0 Å². The summed E-state index contributed by atoms with van der Waals surface area (Å²) in [5, 5.41) is 0. The molecule has 0 aliphatic carbocycles. The van der Waals surface area contributed by atoms with Gasteiger partial charge in [-0.1, -0.05) is 0 Å². The van der Waals surface area contributed by atoms with E-state index in [4.69, 9.17) is 11.6 Å². The molecule has 0 aliphatic rings. The monoisotopic (exact) mass is 337 g/mol. The van der Waals surface area contributed by atoms with E-state index >= 15 is 0 Å².